The molecule has 0 bridgehead atoms. The number of hydrogen-bond acceptors (Lipinski definition) is 4. The van der Waals surface area contributed by atoms with Gasteiger partial charge in [-0.2, -0.15) is 11.8 Å². The first-order valence-electron chi connectivity index (χ1n) is 8.66. The number of ether oxygens (including phenoxy) is 1. The van der Waals surface area contributed by atoms with Gasteiger partial charge in [0.2, 0.25) is 0 Å². The molecule has 2 N–H and O–H groups in total. The third-order valence-corrected chi connectivity index (χ3v) is 5.71. The Balaban J connectivity index is 0.00000264. The molecule has 0 spiro atoms. The Hall–Kier alpha value is 0.270. The van der Waals surface area contributed by atoms with Crippen molar-refractivity contribution in [2.45, 2.75) is 38.1 Å². The first-order chi connectivity index (χ1) is 10.8. The third-order valence-electron chi connectivity index (χ3n) is 4.77. The Morgan fingerprint density at radius 3 is 2.52 bits per heavy atom. The summed E-state index contributed by atoms with van der Waals surface area (Å²) in [5.41, 5.74) is 0.346. The molecule has 1 aliphatic heterocycles. The van der Waals surface area contributed by atoms with Gasteiger partial charge in [0, 0.05) is 56.9 Å². The first-order valence-corrected chi connectivity index (χ1v) is 9.81. The van der Waals surface area contributed by atoms with Gasteiger partial charge < -0.3 is 15.4 Å². The zero-order valence-corrected chi connectivity index (χ0v) is 17.8. The molecule has 1 saturated carbocycles. The second-order valence-electron chi connectivity index (χ2n) is 6.08. The molecule has 0 amide bonds. The van der Waals surface area contributed by atoms with E-state index in [0.29, 0.717) is 5.54 Å². The van der Waals surface area contributed by atoms with Crippen molar-refractivity contribution in [3.8, 4) is 0 Å². The summed E-state index contributed by atoms with van der Waals surface area (Å²) < 4.78 is 5.37. The quantitative estimate of drug-likeness (QED) is 0.266. The van der Waals surface area contributed by atoms with Crippen LogP contribution < -0.4 is 10.6 Å². The second kappa shape index (κ2) is 11.8. The Morgan fingerprint density at radius 2 is 1.91 bits per heavy atom. The summed E-state index contributed by atoms with van der Waals surface area (Å²) in [6.45, 7) is 7.81. The summed E-state index contributed by atoms with van der Waals surface area (Å²) in [4.78, 5) is 7.07. The predicted molar refractivity (Wildman–Crippen MR) is 111 cm³/mol. The van der Waals surface area contributed by atoms with Crippen LogP contribution in [0, 0.1) is 0 Å². The van der Waals surface area contributed by atoms with E-state index in [4.69, 9.17) is 4.74 Å². The highest BCUT2D eigenvalue weighted by Gasteiger charge is 2.39. The fraction of sp³-hybridized carbons (Fsp3) is 0.938. The van der Waals surface area contributed by atoms with Gasteiger partial charge in [-0.25, -0.2) is 0 Å². The van der Waals surface area contributed by atoms with Crippen molar-refractivity contribution in [2.24, 2.45) is 4.99 Å². The van der Waals surface area contributed by atoms with Gasteiger partial charge in [-0.3, -0.25) is 9.89 Å². The number of nitrogens with zero attached hydrogens (tertiary/aromatic N) is 2. The molecule has 0 aromatic heterocycles. The van der Waals surface area contributed by atoms with Crippen molar-refractivity contribution in [3.63, 3.8) is 0 Å². The van der Waals surface area contributed by atoms with Crippen LogP contribution in [0.15, 0.2) is 4.99 Å². The molecule has 5 nitrogen and oxygen atoms in total. The van der Waals surface area contributed by atoms with Crippen LogP contribution in [0.4, 0.5) is 0 Å². The Labute approximate surface area is 162 Å². The Morgan fingerprint density at radius 1 is 1.22 bits per heavy atom. The third kappa shape index (κ3) is 6.59. The maximum atomic E-state index is 5.37. The topological polar surface area (TPSA) is 48.9 Å². The lowest BCUT2D eigenvalue weighted by atomic mass is 9.94. The highest BCUT2D eigenvalue weighted by atomic mass is 127. The number of halogens is 1. The smallest absolute Gasteiger partial charge is 0.191 e. The lowest BCUT2D eigenvalue weighted by Gasteiger charge is -2.43. The van der Waals surface area contributed by atoms with E-state index in [1.54, 1.807) is 0 Å². The molecule has 136 valence electrons. The van der Waals surface area contributed by atoms with E-state index in [9.17, 15) is 0 Å². The molecular weight excluding hydrogens is 423 g/mol. The average Bonchev–Trinajstić information content (AvgIpc) is 3.05. The van der Waals surface area contributed by atoms with Crippen molar-refractivity contribution < 1.29 is 4.74 Å². The van der Waals surface area contributed by atoms with Gasteiger partial charge >= 0.3 is 0 Å². The highest BCUT2D eigenvalue weighted by Crippen LogP contribution is 2.36. The van der Waals surface area contributed by atoms with Crippen LogP contribution in [-0.4, -0.2) is 74.3 Å². The van der Waals surface area contributed by atoms with Gasteiger partial charge in [0.15, 0.2) is 5.96 Å². The van der Waals surface area contributed by atoms with E-state index in [-0.39, 0.29) is 24.0 Å². The molecule has 0 atom stereocenters. The van der Waals surface area contributed by atoms with Gasteiger partial charge in [0.05, 0.1) is 6.61 Å². The van der Waals surface area contributed by atoms with E-state index >= 15 is 0 Å². The Bertz CT molecular complexity index is 345. The minimum absolute atomic E-state index is 0. The zero-order chi connectivity index (χ0) is 15.7. The summed E-state index contributed by atoms with van der Waals surface area (Å²) >= 11 is 2.09. The van der Waals surface area contributed by atoms with Crippen LogP contribution in [0.1, 0.15) is 32.6 Å². The fourth-order valence-electron chi connectivity index (χ4n) is 3.53. The molecule has 0 radical (unpaired) electrons. The summed E-state index contributed by atoms with van der Waals surface area (Å²) in [6, 6.07) is 0. The van der Waals surface area contributed by atoms with Gasteiger partial charge in [-0.15, -0.1) is 24.0 Å². The summed E-state index contributed by atoms with van der Waals surface area (Å²) in [5.74, 6) is 3.46. The molecule has 2 aliphatic rings. The number of nitrogens with one attached hydrogen (secondary N) is 2. The minimum atomic E-state index is 0. The molecule has 1 heterocycles. The fourth-order valence-corrected chi connectivity index (χ4v) is 4.43. The van der Waals surface area contributed by atoms with Crippen molar-refractivity contribution in [1.29, 1.82) is 0 Å². The van der Waals surface area contributed by atoms with Crippen LogP contribution >= 0.6 is 35.7 Å². The van der Waals surface area contributed by atoms with Gasteiger partial charge in [0.25, 0.3) is 0 Å². The van der Waals surface area contributed by atoms with Crippen LogP contribution in [0.5, 0.6) is 0 Å². The van der Waals surface area contributed by atoms with Crippen LogP contribution in [-0.2, 0) is 4.74 Å². The summed E-state index contributed by atoms with van der Waals surface area (Å²) in [7, 11) is 1.84. The molecule has 1 aliphatic carbocycles. The van der Waals surface area contributed by atoms with Crippen LogP contribution in [0.3, 0.4) is 0 Å². The number of thioether (sulfide) groups is 1. The number of hydrogen-bond donors (Lipinski definition) is 2. The van der Waals surface area contributed by atoms with E-state index in [1.807, 2.05) is 14.0 Å². The number of guanidine groups is 1. The molecule has 2 rings (SSSR count). The van der Waals surface area contributed by atoms with E-state index in [1.165, 1.54) is 50.3 Å². The van der Waals surface area contributed by atoms with Crippen molar-refractivity contribution in [3.05, 3.63) is 0 Å². The van der Waals surface area contributed by atoms with Gasteiger partial charge in [0.1, 0.15) is 0 Å². The first kappa shape index (κ1) is 21.3. The molecule has 1 saturated heterocycles. The predicted octanol–water partition coefficient (Wildman–Crippen LogP) is 2.17. The van der Waals surface area contributed by atoms with Gasteiger partial charge in [-0.05, 0) is 19.8 Å². The minimum Gasteiger partial charge on any atom is -0.380 e. The van der Waals surface area contributed by atoms with Crippen molar-refractivity contribution >= 4 is 41.7 Å². The summed E-state index contributed by atoms with van der Waals surface area (Å²) in [5, 5.41) is 6.90. The standard InChI is InChI=1S/C16H32N4OS.HI/c1-3-21-11-8-18-15(17-2)19-14-16(6-4-5-7-16)20-9-12-22-13-10-20;/h3-14H2,1-2H3,(H2,17,18,19);1H. The molecule has 23 heavy (non-hydrogen) atoms. The maximum Gasteiger partial charge on any atom is 0.191 e. The van der Waals surface area contributed by atoms with Crippen molar-refractivity contribution in [2.75, 3.05) is 57.9 Å². The summed E-state index contributed by atoms with van der Waals surface area (Å²) in [6.07, 6.45) is 5.37. The van der Waals surface area contributed by atoms with Crippen LogP contribution in [0.25, 0.3) is 0 Å². The normalized spacial score (nSPS) is 21.7. The van der Waals surface area contributed by atoms with E-state index < -0.39 is 0 Å². The van der Waals surface area contributed by atoms with E-state index in [2.05, 4.69) is 32.3 Å². The van der Waals surface area contributed by atoms with Gasteiger partial charge in [-0.1, -0.05) is 12.8 Å². The van der Waals surface area contributed by atoms with Crippen LogP contribution in [0.2, 0.25) is 0 Å². The Kier molecular flexibility index (Phi) is 10.9. The molecular formula is C16H33IN4OS. The molecule has 0 unspecified atom stereocenters. The highest BCUT2D eigenvalue weighted by molar-refractivity contribution is 14.0. The molecule has 0 aromatic rings. The number of rotatable bonds is 7. The number of aliphatic imine (C=N–C) groups is 1. The van der Waals surface area contributed by atoms with E-state index in [0.717, 1.165) is 32.3 Å². The molecule has 2 fully saturated rings. The monoisotopic (exact) mass is 456 g/mol. The lowest BCUT2D eigenvalue weighted by Crippen LogP contribution is -2.57. The lowest BCUT2D eigenvalue weighted by molar-refractivity contribution is 0.107. The average molecular weight is 456 g/mol. The largest absolute Gasteiger partial charge is 0.380 e. The SMILES string of the molecule is CCOCCNC(=NC)NCC1(N2CCSCC2)CCCC1.I. The molecule has 7 heteroatoms. The maximum absolute atomic E-state index is 5.37. The van der Waals surface area contributed by atoms with Crippen molar-refractivity contribution in [1.82, 2.24) is 15.5 Å². The molecule has 0 aromatic carbocycles. The second-order valence-corrected chi connectivity index (χ2v) is 7.31. The zero-order valence-electron chi connectivity index (χ0n) is 14.6.